The van der Waals surface area contributed by atoms with Crippen molar-refractivity contribution in [2.75, 3.05) is 18.0 Å². The zero-order valence-electron chi connectivity index (χ0n) is 7.03. The Balaban J connectivity index is 2.21. The van der Waals surface area contributed by atoms with Gasteiger partial charge in [0.15, 0.2) is 5.78 Å². The fourth-order valence-electron chi connectivity index (χ4n) is 1.42. The fraction of sp³-hybridized carbons (Fsp3) is 0.333. The molecule has 4 heteroatoms. The molecule has 1 fully saturated rings. The Labute approximate surface area is 84.9 Å². The maximum atomic E-state index is 11.0. The number of rotatable bonds is 1. The molecular weight excluding hydrogens is 232 g/mol. The Morgan fingerprint density at radius 1 is 1.46 bits per heavy atom. The summed E-state index contributed by atoms with van der Waals surface area (Å²) >= 11 is 3.35. The molecule has 3 nitrogen and oxygen atoms in total. The number of pyridine rings is 1. The highest BCUT2D eigenvalue weighted by atomic mass is 79.9. The van der Waals surface area contributed by atoms with Crippen LogP contribution >= 0.6 is 15.9 Å². The minimum absolute atomic E-state index is 0.306. The van der Waals surface area contributed by atoms with Crippen LogP contribution in [0.4, 0.5) is 5.69 Å². The van der Waals surface area contributed by atoms with E-state index in [0.29, 0.717) is 18.7 Å². The van der Waals surface area contributed by atoms with Crippen LogP contribution < -0.4 is 4.90 Å². The van der Waals surface area contributed by atoms with E-state index in [0.717, 1.165) is 16.7 Å². The highest BCUT2D eigenvalue weighted by Gasteiger charge is 2.19. The van der Waals surface area contributed by atoms with Gasteiger partial charge in [-0.15, -0.1) is 0 Å². The molecule has 2 heterocycles. The Morgan fingerprint density at radius 2 is 2.31 bits per heavy atom. The van der Waals surface area contributed by atoms with Crippen LogP contribution in [-0.2, 0) is 4.79 Å². The van der Waals surface area contributed by atoms with Gasteiger partial charge < -0.3 is 4.90 Å². The van der Waals surface area contributed by atoms with Crippen molar-refractivity contribution in [3.05, 3.63) is 22.9 Å². The van der Waals surface area contributed by atoms with Crippen LogP contribution in [0.25, 0.3) is 0 Å². The van der Waals surface area contributed by atoms with E-state index in [1.165, 1.54) is 0 Å². The topological polar surface area (TPSA) is 33.2 Å². The van der Waals surface area contributed by atoms with Crippen LogP contribution in [0.15, 0.2) is 22.9 Å². The number of carbonyl (C=O) groups is 1. The van der Waals surface area contributed by atoms with Crippen LogP contribution in [0.2, 0.25) is 0 Å². The number of halogens is 1. The van der Waals surface area contributed by atoms with E-state index in [-0.39, 0.29) is 0 Å². The Morgan fingerprint density at radius 3 is 2.92 bits per heavy atom. The van der Waals surface area contributed by atoms with Gasteiger partial charge in [-0.25, -0.2) is 0 Å². The van der Waals surface area contributed by atoms with E-state index >= 15 is 0 Å². The van der Waals surface area contributed by atoms with E-state index < -0.39 is 0 Å². The van der Waals surface area contributed by atoms with Crippen molar-refractivity contribution in [3.8, 4) is 0 Å². The second-order valence-corrected chi connectivity index (χ2v) is 3.99. The summed E-state index contributed by atoms with van der Waals surface area (Å²) in [5, 5.41) is 0. The third-order valence-corrected chi connectivity index (χ3v) is 2.52. The minimum Gasteiger partial charge on any atom is -0.362 e. The summed E-state index contributed by atoms with van der Waals surface area (Å²) in [6.45, 7) is 1.34. The summed E-state index contributed by atoms with van der Waals surface area (Å²) in [6, 6.07) is 1.98. The molecule has 1 aliphatic heterocycles. The predicted octanol–water partition coefficient (Wildman–Crippen LogP) is 1.62. The maximum Gasteiger partial charge on any atom is 0.153 e. The number of hydrogen-bond acceptors (Lipinski definition) is 3. The first kappa shape index (κ1) is 8.69. The molecular formula is C9H9BrN2O. The molecule has 1 aromatic rings. The lowest BCUT2D eigenvalue weighted by Gasteiger charge is -2.15. The van der Waals surface area contributed by atoms with Crippen molar-refractivity contribution in [2.24, 2.45) is 0 Å². The van der Waals surface area contributed by atoms with Gasteiger partial charge in [-0.2, -0.15) is 0 Å². The zero-order chi connectivity index (χ0) is 9.26. The van der Waals surface area contributed by atoms with Crippen molar-refractivity contribution >= 4 is 27.4 Å². The Kier molecular flexibility index (Phi) is 2.31. The first-order valence-corrected chi connectivity index (χ1v) is 4.92. The van der Waals surface area contributed by atoms with E-state index in [1.54, 1.807) is 12.4 Å². The van der Waals surface area contributed by atoms with E-state index in [4.69, 9.17) is 0 Å². The number of anilines is 1. The summed E-state index contributed by atoms with van der Waals surface area (Å²) in [6.07, 6.45) is 4.18. The van der Waals surface area contributed by atoms with Gasteiger partial charge in [0, 0.05) is 23.6 Å². The van der Waals surface area contributed by atoms with Gasteiger partial charge in [-0.05, 0) is 22.0 Å². The molecule has 1 aromatic heterocycles. The zero-order valence-corrected chi connectivity index (χ0v) is 8.62. The minimum atomic E-state index is 0.306. The molecule has 0 amide bonds. The highest BCUT2D eigenvalue weighted by Crippen LogP contribution is 2.20. The van der Waals surface area contributed by atoms with E-state index in [2.05, 4.69) is 20.9 Å². The molecule has 13 heavy (non-hydrogen) atoms. The average molecular weight is 241 g/mol. The van der Waals surface area contributed by atoms with Gasteiger partial charge >= 0.3 is 0 Å². The van der Waals surface area contributed by atoms with Crippen molar-refractivity contribution in [2.45, 2.75) is 6.42 Å². The van der Waals surface area contributed by atoms with Crippen LogP contribution in [0.1, 0.15) is 6.42 Å². The summed E-state index contributed by atoms with van der Waals surface area (Å²) in [7, 11) is 0. The predicted molar refractivity (Wildman–Crippen MR) is 53.8 cm³/mol. The van der Waals surface area contributed by atoms with Gasteiger partial charge in [0.05, 0.1) is 18.4 Å². The van der Waals surface area contributed by atoms with E-state index in [1.807, 2.05) is 11.0 Å². The smallest absolute Gasteiger partial charge is 0.153 e. The molecule has 68 valence electrons. The van der Waals surface area contributed by atoms with Crippen LogP contribution in [0, 0.1) is 0 Å². The number of hydrogen-bond donors (Lipinski definition) is 0. The summed E-state index contributed by atoms with van der Waals surface area (Å²) in [4.78, 5) is 17.1. The molecule has 0 bridgehead atoms. The SMILES string of the molecule is O=C1CCN(c2cncc(Br)c2)C1. The number of carbonyl (C=O) groups excluding carboxylic acids is 1. The average Bonchev–Trinajstić information content (AvgIpc) is 2.52. The number of Topliss-reactive ketones (excluding diaryl/α,β-unsaturated/α-hetero) is 1. The molecule has 0 aromatic carbocycles. The van der Waals surface area contributed by atoms with Crippen molar-refractivity contribution < 1.29 is 4.79 Å². The largest absolute Gasteiger partial charge is 0.362 e. The Bertz CT molecular complexity index is 340. The van der Waals surface area contributed by atoms with Crippen LogP contribution in [0.3, 0.4) is 0 Å². The van der Waals surface area contributed by atoms with Gasteiger partial charge in [-0.3, -0.25) is 9.78 Å². The molecule has 2 rings (SSSR count). The van der Waals surface area contributed by atoms with Crippen LogP contribution in [0.5, 0.6) is 0 Å². The van der Waals surface area contributed by atoms with E-state index in [9.17, 15) is 4.79 Å². The summed E-state index contributed by atoms with van der Waals surface area (Å²) in [5.41, 5.74) is 1.01. The third-order valence-electron chi connectivity index (χ3n) is 2.08. The lowest BCUT2D eigenvalue weighted by molar-refractivity contribution is -0.116. The normalized spacial score (nSPS) is 16.7. The van der Waals surface area contributed by atoms with Crippen molar-refractivity contribution in [1.29, 1.82) is 0 Å². The molecule has 0 radical (unpaired) electrons. The molecule has 1 aliphatic rings. The quantitative estimate of drug-likeness (QED) is 0.749. The second kappa shape index (κ2) is 3.46. The van der Waals surface area contributed by atoms with Gasteiger partial charge in [-0.1, -0.05) is 0 Å². The molecule has 0 aliphatic carbocycles. The lowest BCUT2D eigenvalue weighted by atomic mass is 10.4. The molecule has 0 N–H and O–H groups in total. The number of nitrogens with zero attached hydrogens (tertiary/aromatic N) is 2. The monoisotopic (exact) mass is 240 g/mol. The maximum absolute atomic E-state index is 11.0. The fourth-order valence-corrected chi connectivity index (χ4v) is 1.78. The first-order chi connectivity index (χ1) is 6.25. The Hall–Kier alpha value is -0.900. The van der Waals surface area contributed by atoms with Crippen molar-refractivity contribution in [3.63, 3.8) is 0 Å². The molecule has 0 unspecified atom stereocenters. The van der Waals surface area contributed by atoms with Gasteiger partial charge in [0.1, 0.15) is 0 Å². The van der Waals surface area contributed by atoms with Gasteiger partial charge in [0.2, 0.25) is 0 Å². The third kappa shape index (κ3) is 1.88. The molecule has 0 atom stereocenters. The van der Waals surface area contributed by atoms with Crippen molar-refractivity contribution in [1.82, 2.24) is 4.98 Å². The summed E-state index contributed by atoms with van der Waals surface area (Å²) in [5.74, 6) is 0.306. The second-order valence-electron chi connectivity index (χ2n) is 3.07. The molecule has 1 saturated heterocycles. The molecule has 0 spiro atoms. The number of aromatic nitrogens is 1. The highest BCUT2D eigenvalue weighted by molar-refractivity contribution is 9.10. The molecule has 0 saturated carbocycles. The summed E-state index contributed by atoms with van der Waals surface area (Å²) < 4.78 is 0.948. The van der Waals surface area contributed by atoms with Crippen LogP contribution in [-0.4, -0.2) is 23.9 Å². The lowest BCUT2D eigenvalue weighted by Crippen LogP contribution is -2.19. The standard InChI is InChI=1S/C9H9BrN2O/c10-7-3-8(5-11-4-7)12-2-1-9(13)6-12/h3-5H,1-2,6H2. The number of ketones is 1. The van der Waals surface area contributed by atoms with Gasteiger partial charge in [0.25, 0.3) is 0 Å². The first-order valence-electron chi connectivity index (χ1n) is 4.13.